The van der Waals surface area contributed by atoms with Gasteiger partial charge < -0.3 is 25.1 Å². The molecule has 7 nitrogen and oxygen atoms in total. The number of rotatable bonds is 7. The minimum absolute atomic E-state index is 0.741. The Hall–Kier alpha value is -3.29. The number of nitrogens with zero attached hydrogens (tertiary/aromatic N) is 3. The Morgan fingerprint density at radius 2 is 2.03 bits per heavy atom. The normalized spacial score (nSPS) is 13.8. The Morgan fingerprint density at radius 3 is 2.83 bits per heavy atom. The summed E-state index contributed by atoms with van der Waals surface area (Å²) < 4.78 is 10.9. The number of ether oxygens (including phenoxy) is 2. The number of hydrogen-bond acceptors (Lipinski definition) is 6. The van der Waals surface area contributed by atoms with E-state index in [1.54, 1.807) is 19.5 Å². The van der Waals surface area contributed by atoms with Crippen LogP contribution in [-0.4, -0.2) is 49.6 Å². The standard InChI is InChI=1S/C23H25N5O2/c1-29-22-5-6-25-16-20(22)18-2-3-19(14-24)21(13-18)27-15-17-4-7-26-23(12-17)28-8-10-30-11-9-28/h2-7,12-14,16,24,27H,8-11,15H2,1H3/p+1. The third kappa shape index (κ3) is 4.48. The summed E-state index contributed by atoms with van der Waals surface area (Å²) in [4.78, 5) is 11.0. The first kappa shape index (κ1) is 20.0. The Balaban J connectivity index is 1.55. The first-order valence-corrected chi connectivity index (χ1v) is 10.0. The van der Waals surface area contributed by atoms with Crippen LogP contribution < -0.4 is 15.0 Å². The van der Waals surface area contributed by atoms with Gasteiger partial charge in [-0.15, -0.1) is 0 Å². The molecular weight excluding hydrogens is 378 g/mol. The summed E-state index contributed by atoms with van der Waals surface area (Å²) in [5.41, 5.74) is 5.03. The monoisotopic (exact) mass is 404 g/mol. The fourth-order valence-corrected chi connectivity index (χ4v) is 3.61. The smallest absolute Gasteiger partial charge is 0.139 e. The predicted molar refractivity (Wildman–Crippen MR) is 117 cm³/mol. The van der Waals surface area contributed by atoms with Crippen molar-refractivity contribution in [2.45, 2.75) is 6.54 Å². The van der Waals surface area contributed by atoms with Gasteiger partial charge in [-0.3, -0.25) is 4.98 Å². The van der Waals surface area contributed by atoms with Gasteiger partial charge in [0, 0.05) is 55.1 Å². The van der Waals surface area contributed by atoms with E-state index < -0.39 is 0 Å². The highest BCUT2D eigenvalue weighted by Gasteiger charge is 2.14. The van der Waals surface area contributed by atoms with Crippen molar-refractivity contribution in [3.63, 3.8) is 0 Å². The molecule has 30 heavy (non-hydrogen) atoms. The SMILES string of the molecule is COc1ccncc1-c1ccc(C=N)c([NH2+]Cc2ccnc(N3CCOCC3)c2)c1. The van der Waals surface area contributed by atoms with E-state index in [1.165, 1.54) is 11.8 Å². The van der Waals surface area contributed by atoms with Crippen LogP contribution in [0.1, 0.15) is 11.1 Å². The minimum atomic E-state index is 0.741. The third-order valence-corrected chi connectivity index (χ3v) is 5.26. The van der Waals surface area contributed by atoms with Gasteiger partial charge in [-0.05, 0) is 29.8 Å². The molecule has 1 aliphatic rings. The molecule has 4 rings (SSSR count). The molecule has 1 aromatic carbocycles. The number of morpholine rings is 1. The quantitative estimate of drug-likeness (QED) is 0.466. The third-order valence-electron chi connectivity index (χ3n) is 5.26. The maximum Gasteiger partial charge on any atom is 0.139 e. The summed E-state index contributed by atoms with van der Waals surface area (Å²) in [7, 11) is 1.66. The lowest BCUT2D eigenvalue weighted by Crippen LogP contribution is -2.76. The van der Waals surface area contributed by atoms with Gasteiger partial charge in [0.1, 0.15) is 23.8 Å². The van der Waals surface area contributed by atoms with E-state index >= 15 is 0 Å². The molecule has 0 saturated carbocycles. The molecule has 0 amide bonds. The van der Waals surface area contributed by atoms with Crippen LogP contribution >= 0.6 is 0 Å². The molecule has 1 fully saturated rings. The highest BCUT2D eigenvalue weighted by Crippen LogP contribution is 2.30. The lowest BCUT2D eigenvalue weighted by molar-refractivity contribution is -0.588. The lowest BCUT2D eigenvalue weighted by Gasteiger charge is -2.27. The number of nitrogens with one attached hydrogen (secondary N) is 1. The van der Waals surface area contributed by atoms with Crippen molar-refractivity contribution in [3.8, 4) is 16.9 Å². The van der Waals surface area contributed by atoms with Crippen molar-refractivity contribution in [2.75, 3.05) is 38.3 Å². The molecule has 3 N–H and O–H groups in total. The number of benzene rings is 1. The highest BCUT2D eigenvalue weighted by atomic mass is 16.5. The second-order valence-electron chi connectivity index (χ2n) is 7.09. The number of anilines is 1. The van der Waals surface area contributed by atoms with Gasteiger partial charge in [-0.1, -0.05) is 6.07 Å². The van der Waals surface area contributed by atoms with Crippen LogP contribution in [0.3, 0.4) is 0 Å². The van der Waals surface area contributed by atoms with E-state index in [1.807, 2.05) is 30.5 Å². The number of aromatic nitrogens is 2. The summed E-state index contributed by atoms with van der Waals surface area (Å²) in [6.07, 6.45) is 6.78. The van der Waals surface area contributed by atoms with Crippen LogP contribution in [0.2, 0.25) is 0 Å². The molecule has 1 aliphatic heterocycles. The molecule has 154 valence electrons. The van der Waals surface area contributed by atoms with Gasteiger partial charge in [0.2, 0.25) is 0 Å². The average molecular weight is 404 g/mol. The van der Waals surface area contributed by atoms with Crippen LogP contribution in [0.15, 0.2) is 55.0 Å². The Kier molecular flexibility index (Phi) is 6.32. The molecule has 0 spiro atoms. The van der Waals surface area contributed by atoms with Crippen molar-refractivity contribution in [2.24, 2.45) is 0 Å². The first-order chi connectivity index (χ1) is 14.8. The Labute approximate surface area is 176 Å². The molecule has 0 atom stereocenters. The highest BCUT2D eigenvalue weighted by molar-refractivity contribution is 5.85. The molecular formula is C23H26N5O2+. The maximum absolute atomic E-state index is 7.78. The zero-order valence-electron chi connectivity index (χ0n) is 17.0. The van der Waals surface area contributed by atoms with Crippen molar-refractivity contribution < 1.29 is 14.8 Å². The fourth-order valence-electron chi connectivity index (χ4n) is 3.61. The number of hydrogen-bond donors (Lipinski definition) is 2. The number of nitrogens with two attached hydrogens (primary N) is 1. The van der Waals surface area contributed by atoms with Gasteiger partial charge in [0.25, 0.3) is 0 Å². The minimum Gasteiger partial charge on any atom is -0.496 e. The fraction of sp³-hybridized carbons (Fsp3) is 0.261. The van der Waals surface area contributed by atoms with Crippen molar-refractivity contribution in [1.82, 2.24) is 9.97 Å². The summed E-state index contributed by atoms with van der Waals surface area (Å²) in [5.74, 6) is 1.77. The van der Waals surface area contributed by atoms with E-state index in [4.69, 9.17) is 14.9 Å². The zero-order chi connectivity index (χ0) is 20.8. The predicted octanol–water partition coefficient (Wildman–Crippen LogP) is 2.38. The van der Waals surface area contributed by atoms with Gasteiger partial charge in [0.05, 0.1) is 25.9 Å². The van der Waals surface area contributed by atoms with Crippen LogP contribution in [0.4, 0.5) is 11.5 Å². The molecule has 1 saturated heterocycles. The summed E-state index contributed by atoms with van der Waals surface area (Å²) in [6.45, 7) is 3.98. The van der Waals surface area contributed by atoms with Crippen LogP contribution in [0.25, 0.3) is 11.1 Å². The Bertz CT molecular complexity index is 1020. The van der Waals surface area contributed by atoms with Crippen molar-refractivity contribution >= 4 is 17.7 Å². The van der Waals surface area contributed by atoms with E-state index in [2.05, 4.69) is 32.3 Å². The molecule has 3 aromatic rings. The molecule has 0 unspecified atom stereocenters. The average Bonchev–Trinajstić information content (AvgIpc) is 2.83. The summed E-state index contributed by atoms with van der Waals surface area (Å²) >= 11 is 0. The largest absolute Gasteiger partial charge is 0.496 e. The van der Waals surface area contributed by atoms with Gasteiger partial charge in [0.15, 0.2) is 0 Å². The first-order valence-electron chi connectivity index (χ1n) is 10.0. The molecule has 7 heteroatoms. The summed E-state index contributed by atoms with van der Waals surface area (Å²) in [5, 5.41) is 9.94. The molecule has 0 aliphatic carbocycles. The molecule has 0 radical (unpaired) electrons. The van der Waals surface area contributed by atoms with E-state index in [-0.39, 0.29) is 0 Å². The van der Waals surface area contributed by atoms with Crippen LogP contribution in [0.5, 0.6) is 5.75 Å². The van der Waals surface area contributed by atoms with Crippen molar-refractivity contribution in [3.05, 3.63) is 66.1 Å². The maximum atomic E-state index is 7.78. The van der Waals surface area contributed by atoms with Crippen LogP contribution in [0, 0.1) is 5.41 Å². The second kappa shape index (κ2) is 9.47. The molecule has 2 aromatic heterocycles. The molecule has 0 bridgehead atoms. The van der Waals surface area contributed by atoms with Crippen molar-refractivity contribution in [1.29, 1.82) is 5.41 Å². The summed E-state index contributed by atoms with van der Waals surface area (Å²) in [6, 6.07) is 12.1. The number of quaternary nitrogens is 1. The Morgan fingerprint density at radius 1 is 1.17 bits per heavy atom. The van der Waals surface area contributed by atoms with Gasteiger partial charge in [-0.25, -0.2) is 4.98 Å². The topological polar surface area (TPSA) is 87.9 Å². The van der Waals surface area contributed by atoms with E-state index in [9.17, 15) is 0 Å². The number of methoxy groups -OCH3 is 1. The van der Waals surface area contributed by atoms with E-state index in [0.717, 1.165) is 66.8 Å². The number of pyridine rings is 2. The second-order valence-corrected chi connectivity index (χ2v) is 7.09. The van der Waals surface area contributed by atoms with Gasteiger partial charge >= 0.3 is 0 Å². The van der Waals surface area contributed by atoms with E-state index in [0.29, 0.717) is 0 Å². The zero-order valence-corrected chi connectivity index (χ0v) is 17.0. The van der Waals surface area contributed by atoms with Gasteiger partial charge in [-0.2, -0.15) is 0 Å². The molecule has 3 heterocycles. The lowest BCUT2D eigenvalue weighted by atomic mass is 10.0. The van der Waals surface area contributed by atoms with Crippen LogP contribution in [-0.2, 0) is 11.3 Å².